The first-order valence-electron chi connectivity index (χ1n) is 7.06. The molecule has 0 saturated carbocycles. The van der Waals surface area contributed by atoms with Crippen molar-refractivity contribution < 1.29 is 13.2 Å². The minimum atomic E-state index is -3.42. The largest absolute Gasteiger partial charge is 0.373 e. The van der Waals surface area contributed by atoms with Gasteiger partial charge in [0.25, 0.3) is 0 Å². The number of hydrogen-bond donors (Lipinski definition) is 0. The maximum atomic E-state index is 12.6. The highest BCUT2D eigenvalue weighted by atomic mass is 32.2. The van der Waals surface area contributed by atoms with Crippen LogP contribution in [0, 0.1) is 0 Å². The predicted octanol–water partition coefficient (Wildman–Crippen LogP) is 2.61. The van der Waals surface area contributed by atoms with Crippen LogP contribution in [-0.4, -0.2) is 38.0 Å². The minimum absolute atomic E-state index is 0.0662. The normalized spacial score (nSPS) is 25.1. The Balaban J connectivity index is 2.25. The molecule has 0 N–H and O–H groups in total. The highest BCUT2D eigenvalue weighted by molar-refractivity contribution is 7.89. The SMILES string of the molecule is CC(C)c1ccc(S(=O)(=O)N2C[C@@H](C)O[C@H](C)C2)cc1. The first kappa shape index (κ1) is 15.5. The van der Waals surface area contributed by atoms with E-state index in [0.717, 1.165) is 5.56 Å². The lowest BCUT2D eigenvalue weighted by Gasteiger charge is -2.34. The monoisotopic (exact) mass is 297 g/mol. The Bertz CT molecular complexity index is 541. The molecular formula is C15H23NO3S. The lowest BCUT2D eigenvalue weighted by atomic mass is 10.0. The van der Waals surface area contributed by atoms with E-state index in [9.17, 15) is 8.42 Å². The number of ether oxygens (including phenoxy) is 1. The van der Waals surface area contributed by atoms with Gasteiger partial charge in [-0.05, 0) is 37.5 Å². The van der Waals surface area contributed by atoms with E-state index in [0.29, 0.717) is 23.9 Å². The molecule has 1 heterocycles. The number of morpholine rings is 1. The Morgan fingerprint density at radius 2 is 1.60 bits per heavy atom. The van der Waals surface area contributed by atoms with Crippen LogP contribution in [0.5, 0.6) is 0 Å². The van der Waals surface area contributed by atoms with Gasteiger partial charge < -0.3 is 4.74 Å². The summed E-state index contributed by atoms with van der Waals surface area (Å²) < 4.78 is 32.4. The molecule has 0 amide bonds. The van der Waals surface area contributed by atoms with Gasteiger partial charge in [0.2, 0.25) is 10.0 Å². The summed E-state index contributed by atoms with van der Waals surface area (Å²) in [6.07, 6.45) is -0.132. The lowest BCUT2D eigenvalue weighted by Crippen LogP contribution is -2.48. The van der Waals surface area contributed by atoms with Crippen LogP contribution in [0.2, 0.25) is 0 Å². The van der Waals surface area contributed by atoms with Crippen molar-refractivity contribution in [2.45, 2.75) is 50.7 Å². The average molecular weight is 297 g/mol. The zero-order valence-corrected chi connectivity index (χ0v) is 13.4. The van der Waals surface area contributed by atoms with Crippen molar-refractivity contribution in [3.05, 3.63) is 29.8 Å². The minimum Gasteiger partial charge on any atom is -0.373 e. The Labute approximate surface area is 121 Å². The average Bonchev–Trinajstić information content (AvgIpc) is 2.37. The van der Waals surface area contributed by atoms with Crippen LogP contribution in [-0.2, 0) is 14.8 Å². The van der Waals surface area contributed by atoms with Crippen LogP contribution >= 0.6 is 0 Å². The second-order valence-corrected chi connectivity index (χ2v) is 7.74. The smallest absolute Gasteiger partial charge is 0.243 e. The third kappa shape index (κ3) is 3.22. The van der Waals surface area contributed by atoms with E-state index in [4.69, 9.17) is 4.74 Å². The van der Waals surface area contributed by atoms with Gasteiger partial charge in [0.05, 0.1) is 17.1 Å². The maximum Gasteiger partial charge on any atom is 0.243 e. The molecule has 0 radical (unpaired) electrons. The van der Waals surface area contributed by atoms with Gasteiger partial charge in [0.1, 0.15) is 0 Å². The van der Waals surface area contributed by atoms with Crippen molar-refractivity contribution in [2.24, 2.45) is 0 Å². The predicted molar refractivity (Wildman–Crippen MR) is 79.3 cm³/mol. The summed E-state index contributed by atoms with van der Waals surface area (Å²) in [4.78, 5) is 0.364. The van der Waals surface area contributed by atoms with Gasteiger partial charge in [-0.15, -0.1) is 0 Å². The van der Waals surface area contributed by atoms with Crippen molar-refractivity contribution in [3.8, 4) is 0 Å². The summed E-state index contributed by atoms with van der Waals surface area (Å²) in [6, 6.07) is 7.20. The zero-order chi connectivity index (χ0) is 14.9. The topological polar surface area (TPSA) is 46.6 Å². The molecule has 0 aromatic heterocycles. The van der Waals surface area contributed by atoms with Gasteiger partial charge in [-0.3, -0.25) is 0 Å². The standard InChI is InChI=1S/C15H23NO3S/c1-11(2)14-5-7-15(8-6-14)20(17,18)16-9-12(3)19-13(4)10-16/h5-8,11-13H,9-10H2,1-4H3/t12-,13-/m1/s1. The molecule has 1 aliphatic rings. The van der Waals surface area contributed by atoms with E-state index in [1.165, 1.54) is 4.31 Å². The first-order chi connectivity index (χ1) is 9.30. The molecule has 20 heavy (non-hydrogen) atoms. The Kier molecular flexibility index (Phi) is 4.52. The van der Waals surface area contributed by atoms with Crippen molar-refractivity contribution >= 4 is 10.0 Å². The van der Waals surface area contributed by atoms with Crippen LogP contribution in [0.1, 0.15) is 39.2 Å². The number of sulfonamides is 1. The summed E-state index contributed by atoms with van der Waals surface area (Å²) in [5.41, 5.74) is 1.15. The molecule has 2 rings (SSSR count). The van der Waals surface area contributed by atoms with Crippen molar-refractivity contribution in [1.29, 1.82) is 0 Å². The summed E-state index contributed by atoms with van der Waals surface area (Å²) in [5, 5.41) is 0. The number of nitrogens with zero attached hydrogens (tertiary/aromatic N) is 1. The van der Waals surface area contributed by atoms with E-state index < -0.39 is 10.0 Å². The van der Waals surface area contributed by atoms with Crippen molar-refractivity contribution in [3.63, 3.8) is 0 Å². The lowest BCUT2D eigenvalue weighted by molar-refractivity contribution is -0.0440. The van der Waals surface area contributed by atoms with E-state index in [2.05, 4.69) is 13.8 Å². The van der Waals surface area contributed by atoms with Gasteiger partial charge in [-0.1, -0.05) is 26.0 Å². The second kappa shape index (κ2) is 5.84. The fourth-order valence-electron chi connectivity index (χ4n) is 2.50. The highest BCUT2D eigenvalue weighted by Gasteiger charge is 2.32. The van der Waals surface area contributed by atoms with Gasteiger partial charge >= 0.3 is 0 Å². The molecule has 0 spiro atoms. The molecule has 1 aliphatic heterocycles. The summed E-state index contributed by atoms with van der Waals surface area (Å²) >= 11 is 0. The second-order valence-electron chi connectivity index (χ2n) is 5.80. The first-order valence-corrected chi connectivity index (χ1v) is 8.50. The Morgan fingerprint density at radius 1 is 1.10 bits per heavy atom. The van der Waals surface area contributed by atoms with E-state index in [-0.39, 0.29) is 12.2 Å². The molecule has 0 aliphatic carbocycles. The molecule has 112 valence electrons. The number of benzene rings is 1. The number of rotatable bonds is 3. The molecule has 1 saturated heterocycles. The summed E-state index contributed by atoms with van der Waals surface area (Å²) in [7, 11) is -3.42. The Hall–Kier alpha value is -0.910. The van der Waals surface area contributed by atoms with Crippen LogP contribution in [0.4, 0.5) is 0 Å². The van der Waals surface area contributed by atoms with Crippen molar-refractivity contribution in [2.75, 3.05) is 13.1 Å². The zero-order valence-electron chi connectivity index (χ0n) is 12.5. The highest BCUT2D eigenvalue weighted by Crippen LogP contribution is 2.23. The molecule has 5 heteroatoms. The molecular weight excluding hydrogens is 274 g/mol. The van der Waals surface area contributed by atoms with Crippen LogP contribution in [0.3, 0.4) is 0 Å². The molecule has 0 bridgehead atoms. The molecule has 2 atom stereocenters. The molecule has 1 aromatic rings. The van der Waals surface area contributed by atoms with E-state index in [1.54, 1.807) is 12.1 Å². The van der Waals surface area contributed by atoms with Gasteiger partial charge in [-0.2, -0.15) is 4.31 Å². The van der Waals surface area contributed by atoms with Crippen molar-refractivity contribution in [1.82, 2.24) is 4.31 Å². The third-order valence-electron chi connectivity index (χ3n) is 3.57. The van der Waals surface area contributed by atoms with Crippen LogP contribution in [0.25, 0.3) is 0 Å². The quantitative estimate of drug-likeness (QED) is 0.861. The third-order valence-corrected chi connectivity index (χ3v) is 5.42. The fraction of sp³-hybridized carbons (Fsp3) is 0.600. The molecule has 4 nitrogen and oxygen atoms in total. The van der Waals surface area contributed by atoms with Gasteiger partial charge in [-0.25, -0.2) is 8.42 Å². The van der Waals surface area contributed by atoms with E-state index in [1.807, 2.05) is 26.0 Å². The Morgan fingerprint density at radius 3 is 2.05 bits per heavy atom. The maximum absolute atomic E-state index is 12.6. The molecule has 1 fully saturated rings. The van der Waals surface area contributed by atoms with Crippen LogP contribution < -0.4 is 0 Å². The van der Waals surface area contributed by atoms with Crippen LogP contribution in [0.15, 0.2) is 29.2 Å². The number of hydrogen-bond acceptors (Lipinski definition) is 3. The van der Waals surface area contributed by atoms with E-state index >= 15 is 0 Å². The summed E-state index contributed by atoms with van der Waals surface area (Å²) in [5.74, 6) is 0.398. The van der Waals surface area contributed by atoms with Gasteiger partial charge in [0, 0.05) is 13.1 Å². The molecule has 1 aromatic carbocycles. The van der Waals surface area contributed by atoms with Gasteiger partial charge in [0.15, 0.2) is 0 Å². The molecule has 0 unspecified atom stereocenters. The summed E-state index contributed by atoms with van der Waals surface area (Å²) in [6.45, 7) is 8.82. The fourth-order valence-corrected chi connectivity index (χ4v) is 4.09.